The van der Waals surface area contributed by atoms with Crippen LogP contribution in [0.15, 0.2) is 54.6 Å². The van der Waals surface area contributed by atoms with E-state index in [1.165, 1.54) is 0 Å². The Labute approximate surface area is 142 Å². The second-order valence-corrected chi connectivity index (χ2v) is 6.54. The zero-order valence-corrected chi connectivity index (χ0v) is 14.4. The number of ether oxygens (including phenoxy) is 1. The number of Topliss-reactive ketones (excluding diaryl/α,β-unsaturated/α-hetero) is 1. The summed E-state index contributed by atoms with van der Waals surface area (Å²) in [6, 6.07) is 17.5. The van der Waals surface area contributed by atoms with E-state index >= 15 is 0 Å². The van der Waals surface area contributed by atoms with Gasteiger partial charge in [-0.1, -0.05) is 42.5 Å². The molecule has 1 atom stereocenters. The maximum Gasteiger partial charge on any atom is 0.164 e. The molecule has 0 heterocycles. The molecule has 3 nitrogen and oxygen atoms in total. The highest BCUT2D eigenvalue weighted by molar-refractivity contribution is 7.99. The van der Waals surface area contributed by atoms with Gasteiger partial charge in [0.2, 0.25) is 0 Å². The second-order valence-electron chi connectivity index (χ2n) is 5.23. The molecule has 2 aromatic carbocycles. The molecule has 0 bridgehead atoms. The lowest BCUT2D eigenvalue weighted by Crippen LogP contribution is -2.12. The highest BCUT2D eigenvalue weighted by Gasteiger charge is 2.17. The first kappa shape index (κ1) is 17.6. The molecule has 2 rings (SSSR count). The zero-order chi connectivity index (χ0) is 16.5. The third-order valence-corrected chi connectivity index (χ3v) is 4.91. The number of nitrogens with one attached hydrogen (secondary N) is 1. The predicted octanol–water partition coefficient (Wildman–Crippen LogP) is 3.96. The van der Waals surface area contributed by atoms with Crippen LogP contribution < -0.4 is 10.1 Å². The van der Waals surface area contributed by atoms with E-state index in [4.69, 9.17) is 4.74 Å². The van der Waals surface area contributed by atoms with Crippen LogP contribution in [-0.4, -0.2) is 32.2 Å². The van der Waals surface area contributed by atoms with E-state index in [1.807, 2.05) is 73.4 Å². The fourth-order valence-electron chi connectivity index (χ4n) is 2.31. The molecule has 4 heteroatoms. The molecule has 0 saturated heterocycles. The average molecular weight is 329 g/mol. The highest BCUT2D eigenvalue weighted by Crippen LogP contribution is 2.34. The van der Waals surface area contributed by atoms with Gasteiger partial charge >= 0.3 is 0 Å². The highest BCUT2D eigenvalue weighted by atomic mass is 32.2. The standard InChI is InChI=1S/C19H23NO2S/c1-20-12-13-23-19(16-8-10-17(22-2)11-9-16)14-18(21)15-6-4-3-5-7-15/h3-11,19-20H,12-14H2,1-2H3. The summed E-state index contributed by atoms with van der Waals surface area (Å²) in [5.74, 6) is 1.99. The number of hydrogen-bond acceptors (Lipinski definition) is 4. The van der Waals surface area contributed by atoms with Gasteiger partial charge in [0, 0.05) is 29.5 Å². The molecule has 0 spiro atoms. The zero-order valence-electron chi connectivity index (χ0n) is 13.6. The topological polar surface area (TPSA) is 38.3 Å². The van der Waals surface area contributed by atoms with E-state index in [0.717, 1.165) is 29.2 Å². The molecule has 122 valence electrons. The van der Waals surface area contributed by atoms with E-state index in [2.05, 4.69) is 5.32 Å². The Hall–Kier alpha value is -1.78. The number of thioether (sulfide) groups is 1. The Morgan fingerprint density at radius 3 is 2.43 bits per heavy atom. The summed E-state index contributed by atoms with van der Waals surface area (Å²) >= 11 is 1.81. The third-order valence-electron chi connectivity index (χ3n) is 3.63. The molecule has 0 aliphatic carbocycles. The molecule has 0 radical (unpaired) electrons. The summed E-state index contributed by atoms with van der Waals surface area (Å²) < 4.78 is 5.21. The number of carbonyl (C=O) groups is 1. The SMILES string of the molecule is CNCCSC(CC(=O)c1ccccc1)c1ccc(OC)cc1. The molecule has 1 N–H and O–H groups in total. The van der Waals surface area contributed by atoms with Crippen molar-refractivity contribution in [1.82, 2.24) is 5.32 Å². The van der Waals surface area contributed by atoms with E-state index in [9.17, 15) is 4.79 Å². The molecule has 23 heavy (non-hydrogen) atoms. The van der Waals surface area contributed by atoms with Crippen molar-refractivity contribution in [3.63, 3.8) is 0 Å². The van der Waals surface area contributed by atoms with Crippen molar-refractivity contribution < 1.29 is 9.53 Å². The van der Waals surface area contributed by atoms with Gasteiger partial charge in [0.25, 0.3) is 0 Å². The monoisotopic (exact) mass is 329 g/mol. The van der Waals surface area contributed by atoms with Crippen LogP contribution in [0.25, 0.3) is 0 Å². The molecule has 0 aromatic heterocycles. The lowest BCUT2D eigenvalue weighted by Gasteiger charge is -2.17. The molecular formula is C19H23NO2S. The first-order valence-electron chi connectivity index (χ1n) is 7.73. The average Bonchev–Trinajstić information content (AvgIpc) is 2.62. The summed E-state index contributed by atoms with van der Waals surface area (Å²) in [6.07, 6.45) is 0.505. The van der Waals surface area contributed by atoms with E-state index in [1.54, 1.807) is 7.11 Å². The lowest BCUT2D eigenvalue weighted by molar-refractivity contribution is 0.0982. The first-order valence-corrected chi connectivity index (χ1v) is 8.78. The van der Waals surface area contributed by atoms with Gasteiger partial charge in [-0.15, -0.1) is 0 Å². The number of benzene rings is 2. The minimum Gasteiger partial charge on any atom is -0.497 e. The summed E-state index contributed by atoms with van der Waals surface area (Å²) in [5, 5.41) is 3.31. The van der Waals surface area contributed by atoms with Crippen molar-refractivity contribution in [3.05, 3.63) is 65.7 Å². The van der Waals surface area contributed by atoms with Crippen LogP contribution in [0, 0.1) is 0 Å². The van der Waals surface area contributed by atoms with Gasteiger partial charge in [0.15, 0.2) is 5.78 Å². The van der Waals surface area contributed by atoms with Gasteiger partial charge < -0.3 is 10.1 Å². The smallest absolute Gasteiger partial charge is 0.164 e. The van der Waals surface area contributed by atoms with Crippen LogP contribution in [0.5, 0.6) is 5.75 Å². The molecule has 2 aromatic rings. The third kappa shape index (κ3) is 5.41. The largest absolute Gasteiger partial charge is 0.497 e. The number of rotatable bonds is 9. The lowest BCUT2D eigenvalue weighted by atomic mass is 10.0. The molecule has 0 aliphatic heterocycles. The first-order chi connectivity index (χ1) is 11.2. The minimum atomic E-state index is 0.155. The van der Waals surface area contributed by atoms with Gasteiger partial charge in [0.1, 0.15) is 5.75 Å². The van der Waals surface area contributed by atoms with Crippen molar-refractivity contribution in [3.8, 4) is 5.75 Å². The summed E-state index contributed by atoms with van der Waals surface area (Å²) in [4.78, 5) is 12.5. The van der Waals surface area contributed by atoms with Gasteiger partial charge in [-0.05, 0) is 24.7 Å². The maximum atomic E-state index is 12.5. The van der Waals surface area contributed by atoms with Crippen molar-refractivity contribution in [2.45, 2.75) is 11.7 Å². The number of methoxy groups -OCH3 is 1. The summed E-state index contributed by atoms with van der Waals surface area (Å²) in [6.45, 7) is 0.927. The van der Waals surface area contributed by atoms with E-state index in [-0.39, 0.29) is 11.0 Å². The van der Waals surface area contributed by atoms with Crippen molar-refractivity contribution in [2.75, 3.05) is 26.5 Å². The second kappa shape index (κ2) is 9.38. The number of hydrogen-bond donors (Lipinski definition) is 1. The normalized spacial score (nSPS) is 11.9. The summed E-state index contributed by atoms with van der Waals surface area (Å²) in [5.41, 5.74) is 1.94. The summed E-state index contributed by atoms with van der Waals surface area (Å²) in [7, 11) is 3.60. The molecular weight excluding hydrogens is 306 g/mol. The van der Waals surface area contributed by atoms with Crippen LogP contribution >= 0.6 is 11.8 Å². The van der Waals surface area contributed by atoms with Crippen molar-refractivity contribution in [2.24, 2.45) is 0 Å². The van der Waals surface area contributed by atoms with Crippen LogP contribution in [0.3, 0.4) is 0 Å². The Balaban J connectivity index is 2.11. The number of ketones is 1. The molecule has 1 unspecified atom stereocenters. The van der Waals surface area contributed by atoms with Gasteiger partial charge in [0.05, 0.1) is 7.11 Å². The Morgan fingerprint density at radius 1 is 1.13 bits per heavy atom. The van der Waals surface area contributed by atoms with E-state index < -0.39 is 0 Å². The van der Waals surface area contributed by atoms with Crippen LogP contribution in [-0.2, 0) is 0 Å². The minimum absolute atomic E-state index is 0.155. The van der Waals surface area contributed by atoms with E-state index in [0.29, 0.717) is 6.42 Å². The molecule has 0 saturated carbocycles. The van der Waals surface area contributed by atoms with Crippen molar-refractivity contribution >= 4 is 17.5 Å². The Morgan fingerprint density at radius 2 is 1.83 bits per heavy atom. The van der Waals surface area contributed by atoms with Crippen LogP contribution in [0.2, 0.25) is 0 Å². The Kier molecular flexibility index (Phi) is 7.17. The molecule has 0 aliphatic rings. The fourth-order valence-corrected chi connectivity index (χ4v) is 3.53. The van der Waals surface area contributed by atoms with Crippen molar-refractivity contribution in [1.29, 1.82) is 0 Å². The van der Waals surface area contributed by atoms with Gasteiger partial charge in [-0.25, -0.2) is 0 Å². The van der Waals surface area contributed by atoms with Crippen LogP contribution in [0.4, 0.5) is 0 Å². The molecule has 0 amide bonds. The van der Waals surface area contributed by atoms with Crippen LogP contribution in [0.1, 0.15) is 27.6 Å². The van der Waals surface area contributed by atoms with Gasteiger partial charge in [-0.2, -0.15) is 11.8 Å². The predicted molar refractivity (Wildman–Crippen MR) is 97.5 cm³/mol. The molecule has 0 fully saturated rings. The van der Waals surface area contributed by atoms with Gasteiger partial charge in [-0.3, -0.25) is 4.79 Å². The fraction of sp³-hybridized carbons (Fsp3) is 0.316. The quantitative estimate of drug-likeness (QED) is 0.558. The maximum absolute atomic E-state index is 12.5. The Bertz CT molecular complexity index is 599. The number of carbonyl (C=O) groups excluding carboxylic acids is 1.